The number of hydrogen-bond donors (Lipinski definition) is 1. The van der Waals surface area contributed by atoms with Gasteiger partial charge in [-0.25, -0.2) is 0 Å². The molecule has 1 nitrogen and oxygen atoms in total. The minimum atomic E-state index is -4.76. The van der Waals surface area contributed by atoms with Crippen LogP contribution < -0.4 is 5.32 Å². The van der Waals surface area contributed by atoms with Crippen LogP contribution in [0.25, 0.3) is 0 Å². The van der Waals surface area contributed by atoms with Crippen LogP contribution in [-0.4, -0.2) is 18.8 Å². The fraction of sp³-hybridized carbons (Fsp3) is 1.00. The van der Waals surface area contributed by atoms with Crippen molar-refractivity contribution >= 4 is 11.2 Å². The lowest BCUT2D eigenvalue weighted by Gasteiger charge is -2.08. The fourth-order valence-electron chi connectivity index (χ4n) is 0.365. The summed E-state index contributed by atoms with van der Waals surface area (Å²) in [7, 11) is 0. The lowest BCUT2D eigenvalue weighted by Crippen LogP contribution is -2.17. The van der Waals surface area contributed by atoms with Gasteiger partial charge >= 0.3 is 0 Å². The van der Waals surface area contributed by atoms with Gasteiger partial charge in [-0.15, -0.1) is 11.7 Å². The molecule has 0 fully saturated rings. The van der Waals surface area contributed by atoms with Gasteiger partial charge in [-0.05, 0) is 6.54 Å². The molecule has 0 saturated heterocycles. The van der Waals surface area contributed by atoms with E-state index >= 15 is 0 Å². The van der Waals surface area contributed by atoms with Crippen molar-refractivity contribution in [1.29, 1.82) is 0 Å². The van der Waals surface area contributed by atoms with Crippen molar-refractivity contribution in [3.63, 3.8) is 0 Å². The van der Waals surface area contributed by atoms with Gasteiger partial charge in [0, 0.05) is 6.54 Å². The maximum Gasteiger partial charge on any atom is 0.210 e. The molecule has 0 aliphatic carbocycles. The van der Waals surface area contributed by atoms with Crippen LogP contribution in [0.4, 0.5) is 11.7 Å². The lowest BCUT2D eigenvalue weighted by atomic mass is 10.7. The molecule has 0 heterocycles. The Labute approximate surface area is 54.8 Å². The second kappa shape index (κ2) is 4.00. The Hall–Kier alpha value is 0.100. The average Bonchev–Trinajstić information content (AvgIpc) is 1.63. The maximum atomic E-state index is 11.4. The molecule has 0 saturated carbocycles. The van der Waals surface area contributed by atoms with Crippen molar-refractivity contribution in [3.8, 4) is 0 Å². The van der Waals surface area contributed by atoms with Gasteiger partial charge in [0.1, 0.15) is 0 Å². The van der Waals surface area contributed by atoms with Crippen LogP contribution in [0.5, 0.6) is 0 Å². The molecule has 58 valence electrons. The van der Waals surface area contributed by atoms with Gasteiger partial charge < -0.3 is 5.32 Å². The third-order valence-corrected chi connectivity index (χ3v) is 1.43. The van der Waals surface area contributed by atoms with Gasteiger partial charge in [0.2, 0.25) is 11.2 Å². The van der Waals surface area contributed by atoms with Crippen LogP contribution in [0.2, 0.25) is 0 Å². The zero-order chi connectivity index (χ0) is 7.33. The largest absolute Gasteiger partial charge is 0.316 e. The van der Waals surface area contributed by atoms with E-state index in [-0.39, 0.29) is 6.54 Å². The Kier molecular flexibility index (Phi) is 4.05. The summed E-state index contributed by atoms with van der Waals surface area (Å²) in [6.45, 7) is 2.45. The van der Waals surface area contributed by atoms with Crippen LogP contribution in [0.3, 0.4) is 0 Å². The summed E-state index contributed by atoms with van der Waals surface area (Å²) in [4.78, 5) is 0. The lowest BCUT2D eigenvalue weighted by molar-refractivity contribution is 0.621. The van der Waals surface area contributed by atoms with Crippen LogP contribution >= 0.6 is 11.2 Å². The van der Waals surface area contributed by atoms with E-state index in [4.69, 9.17) is 0 Å². The SMILES string of the molecule is CCNCCS(F)(F)F. The van der Waals surface area contributed by atoms with E-state index in [0.29, 0.717) is 6.54 Å². The summed E-state index contributed by atoms with van der Waals surface area (Å²) in [5, 5.41) is 2.61. The zero-order valence-corrected chi connectivity index (χ0v) is 5.98. The van der Waals surface area contributed by atoms with Crippen molar-refractivity contribution < 1.29 is 11.7 Å². The minimum absolute atomic E-state index is 0.0648. The van der Waals surface area contributed by atoms with Crippen molar-refractivity contribution in [1.82, 2.24) is 5.32 Å². The Morgan fingerprint density at radius 2 is 1.89 bits per heavy atom. The van der Waals surface area contributed by atoms with Gasteiger partial charge in [0.05, 0.1) is 5.75 Å². The molecule has 0 bridgehead atoms. The van der Waals surface area contributed by atoms with Crippen LogP contribution in [0.15, 0.2) is 0 Å². The van der Waals surface area contributed by atoms with E-state index in [1.165, 1.54) is 0 Å². The average molecular weight is 161 g/mol. The normalized spacial score (nSPS) is 13.8. The smallest absolute Gasteiger partial charge is 0.210 e. The van der Waals surface area contributed by atoms with Crippen molar-refractivity contribution in [3.05, 3.63) is 0 Å². The predicted molar refractivity (Wildman–Crippen MR) is 34.3 cm³/mol. The molecule has 0 aliphatic rings. The molecule has 1 N–H and O–H groups in total. The van der Waals surface area contributed by atoms with E-state index in [1.807, 2.05) is 0 Å². The minimum Gasteiger partial charge on any atom is -0.316 e. The van der Waals surface area contributed by atoms with Gasteiger partial charge in [-0.2, -0.15) is 0 Å². The second-order valence-corrected chi connectivity index (χ2v) is 2.97. The molecule has 0 radical (unpaired) electrons. The topological polar surface area (TPSA) is 12.0 Å². The highest BCUT2D eigenvalue weighted by atomic mass is 32.3. The molecule has 0 rings (SSSR count). The first-order valence-corrected chi connectivity index (χ1v) is 4.17. The first kappa shape index (κ1) is 9.10. The van der Waals surface area contributed by atoms with Crippen LogP contribution in [0.1, 0.15) is 6.92 Å². The molecule has 0 unspecified atom stereocenters. The Morgan fingerprint density at radius 3 is 2.22 bits per heavy atom. The highest BCUT2D eigenvalue weighted by molar-refractivity contribution is 8.20. The maximum absolute atomic E-state index is 11.4. The van der Waals surface area contributed by atoms with Gasteiger partial charge in [-0.3, -0.25) is 0 Å². The molecular formula is C4H10F3NS. The molecule has 0 aromatic rings. The molecule has 0 spiro atoms. The zero-order valence-electron chi connectivity index (χ0n) is 5.16. The van der Waals surface area contributed by atoms with Crippen molar-refractivity contribution in [2.75, 3.05) is 18.8 Å². The first-order chi connectivity index (χ1) is 4.06. The molecule has 0 aromatic heterocycles. The van der Waals surface area contributed by atoms with E-state index in [9.17, 15) is 11.7 Å². The number of halogens is 3. The number of nitrogens with one attached hydrogen (secondary N) is 1. The molecule has 0 aromatic carbocycles. The summed E-state index contributed by atoms with van der Waals surface area (Å²) < 4.78 is 34.3. The Balaban J connectivity index is 3.07. The summed E-state index contributed by atoms with van der Waals surface area (Å²) in [6, 6.07) is 0. The second-order valence-electron chi connectivity index (χ2n) is 1.56. The molecule has 0 atom stereocenters. The van der Waals surface area contributed by atoms with Crippen LogP contribution in [-0.2, 0) is 0 Å². The molecule has 5 heteroatoms. The Bertz CT molecular complexity index is 72.7. The van der Waals surface area contributed by atoms with E-state index < -0.39 is 16.9 Å². The quantitative estimate of drug-likeness (QED) is 0.622. The third kappa shape index (κ3) is 8.10. The highest BCUT2D eigenvalue weighted by Crippen LogP contribution is 2.52. The molecule has 0 amide bonds. The summed E-state index contributed by atoms with van der Waals surface area (Å²) in [5.41, 5.74) is 0. The highest BCUT2D eigenvalue weighted by Gasteiger charge is 2.18. The van der Waals surface area contributed by atoms with E-state index in [0.717, 1.165) is 0 Å². The molecule has 0 aliphatic heterocycles. The predicted octanol–water partition coefficient (Wildman–Crippen LogP) is 2.05. The standard InChI is InChI=1S/C4H10F3NS/c1-2-8-3-4-9(5,6)7/h8H,2-4H2,1H3. The fourth-order valence-corrected chi connectivity index (χ4v) is 0.740. The first-order valence-electron chi connectivity index (χ1n) is 2.67. The third-order valence-electron chi connectivity index (χ3n) is 0.760. The summed E-state index contributed by atoms with van der Waals surface area (Å²) in [6.07, 6.45) is 0. The summed E-state index contributed by atoms with van der Waals surface area (Å²) >= 11 is -4.76. The van der Waals surface area contributed by atoms with Gasteiger partial charge in [-0.1, -0.05) is 6.92 Å². The number of rotatable bonds is 4. The van der Waals surface area contributed by atoms with E-state index in [1.54, 1.807) is 6.92 Å². The van der Waals surface area contributed by atoms with Gasteiger partial charge in [0.25, 0.3) is 0 Å². The Morgan fingerprint density at radius 1 is 1.33 bits per heavy atom. The summed E-state index contributed by atoms with van der Waals surface area (Å²) in [5.74, 6) is -0.652. The van der Waals surface area contributed by atoms with Crippen LogP contribution in [0, 0.1) is 0 Å². The van der Waals surface area contributed by atoms with E-state index in [2.05, 4.69) is 5.32 Å². The van der Waals surface area contributed by atoms with Crippen molar-refractivity contribution in [2.45, 2.75) is 6.92 Å². The molecule has 9 heavy (non-hydrogen) atoms. The number of hydrogen-bond acceptors (Lipinski definition) is 1. The monoisotopic (exact) mass is 161 g/mol. The molecular weight excluding hydrogens is 151 g/mol. The van der Waals surface area contributed by atoms with Gasteiger partial charge in [0.15, 0.2) is 0 Å². The van der Waals surface area contributed by atoms with Crippen molar-refractivity contribution in [2.24, 2.45) is 0 Å².